The summed E-state index contributed by atoms with van der Waals surface area (Å²) in [7, 11) is 0. The Balaban J connectivity index is 1.40. The number of esters is 1. The van der Waals surface area contributed by atoms with Gasteiger partial charge in [0.05, 0.1) is 5.71 Å². The molecule has 1 saturated heterocycles. The molecule has 0 aliphatic carbocycles. The number of carbonyl (C=O) groups is 2. The molecule has 0 radical (unpaired) electrons. The van der Waals surface area contributed by atoms with Gasteiger partial charge in [-0.3, -0.25) is 4.79 Å². The van der Waals surface area contributed by atoms with Crippen molar-refractivity contribution in [2.75, 3.05) is 33.1 Å². The zero-order chi connectivity index (χ0) is 19.8. The molecule has 0 bridgehead atoms. The molecule has 1 aromatic carbocycles. The Morgan fingerprint density at radius 3 is 2.54 bits per heavy atom. The fourth-order valence-corrected chi connectivity index (χ4v) is 3.13. The van der Waals surface area contributed by atoms with E-state index in [-0.39, 0.29) is 25.9 Å². The minimum Gasteiger partial charge on any atom is -0.454 e. The van der Waals surface area contributed by atoms with E-state index in [2.05, 4.69) is 5.16 Å². The molecule has 1 amide bonds. The van der Waals surface area contributed by atoms with Gasteiger partial charge in [-0.15, -0.1) is 0 Å². The van der Waals surface area contributed by atoms with Crippen molar-refractivity contribution < 1.29 is 28.6 Å². The quantitative estimate of drug-likeness (QED) is 0.421. The molecule has 8 heteroatoms. The van der Waals surface area contributed by atoms with Crippen molar-refractivity contribution in [1.82, 2.24) is 4.90 Å². The maximum atomic E-state index is 12.2. The van der Waals surface area contributed by atoms with Gasteiger partial charge in [0.2, 0.25) is 13.4 Å². The van der Waals surface area contributed by atoms with Crippen LogP contribution in [0.4, 0.5) is 0 Å². The highest BCUT2D eigenvalue weighted by Gasteiger charge is 2.17. The van der Waals surface area contributed by atoms with Gasteiger partial charge in [-0.25, -0.2) is 4.79 Å². The SMILES string of the molecule is C/C(=N\OCC(=O)OCC(=O)N1CCCCCCC1)c1ccc2c(c1)OCO2. The first-order valence-corrected chi connectivity index (χ1v) is 9.63. The zero-order valence-corrected chi connectivity index (χ0v) is 16.1. The van der Waals surface area contributed by atoms with Crippen LogP contribution in [-0.2, 0) is 19.2 Å². The van der Waals surface area contributed by atoms with Gasteiger partial charge in [-0.05, 0) is 38.0 Å². The lowest BCUT2D eigenvalue weighted by atomic mass is 10.1. The number of fused-ring (bicyclic) bond motifs is 1. The van der Waals surface area contributed by atoms with E-state index >= 15 is 0 Å². The molecule has 0 unspecified atom stereocenters. The number of rotatable bonds is 6. The molecule has 1 aromatic rings. The lowest BCUT2D eigenvalue weighted by Crippen LogP contribution is -2.37. The highest BCUT2D eigenvalue weighted by molar-refractivity contribution is 5.99. The topological polar surface area (TPSA) is 86.7 Å². The minimum absolute atomic E-state index is 0.157. The molecule has 0 spiro atoms. The first-order valence-electron chi connectivity index (χ1n) is 9.63. The average molecular weight is 390 g/mol. The summed E-state index contributed by atoms with van der Waals surface area (Å²) in [6.07, 6.45) is 5.49. The summed E-state index contributed by atoms with van der Waals surface area (Å²) in [5.74, 6) is 0.554. The van der Waals surface area contributed by atoms with Gasteiger partial charge in [0.1, 0.15) is 0 Å². The second kappa shape index (κ2) is 9.96. The fourth-order valence-electron chi connectivity index (χ4n) is 3.13. The van der Waals surface area contributed by atoms with E-state index in [9.17, 15) is 9.59 Å². The van der Waals surface area contributed by atoms with Gasteiger partial charge in [-0.2, -0.15) is 0 Å². The van der Waals surface area contributed by atoms with Crippen LogP contribution in [0.1, 0.15) is 44.6 Å². The zero-order valence-electron chi connectivity index (χ0n) is 16.1. The van der Waals surface area contributed by atoms with Crippen LogP contribution in [0.5, 0.6) is 11.5 Å². The predicted molar refractivity (Wildman–Crippen MR) is 101 cm³/mol. The number of oxime groups is 1. The Labute approximate surface area is 164 Å². The van der Waals surface area contributed by atoms with Gasteiger partial charge in [0.15, 0.2) is 18.1 Å². The van der Waals surface area contributed by atoms with Gasteiger partial charge in [-0.1, -0.05) is 24.4 Å². The van der Waals surface area contributed by atoms with Crippen molar-refractivity contribution in [2.24, 2.45) is 5.16 Å². The molecule has 152 valence electrons. The van der Waals surface area contributed by atoms with E-state index in [1.54, 1.807) is 24.0 Å². The van der Waals surface area contributed by atoms with Crippen molar-refractivity contribution in [2.45, 2.75) is 39.0 Å². The van der Waals surface area contributed by atoms with Crippen molar-refractivity contribution in [1.29, 1.82) is 0 Å². The molecule has 0 atom stereocenters. The van der Waals surface area contributed by atoms with Crippen molar-refractivity contribution in [3.05, 3.63) is 23.8 Å². The Hall–Kier alpha value is -2.77. The number of ether oxygens (including phenoxy) is 3. The van der Waals surface area contributed by atoms with Crippen LogP contribution >= 0.6 is 0 Å². The Morgan fingerprint density at radius 2 is 1.75 bits per heavy atom. The average Bonchev–Trinajstić information content (AvgIpc) is 3.13. The summed E-state index contributed by atoms with van der Waals surface area (Å²) < 4.78 is 15.6. The molecular formula is C20H26N2O6. The van der Waals surface area contributed by atoms with E-state index in [0.29, 0.717) is 17.2 Å². The fraction of sp³-hybridized carbons (Fsp3) is 0.550. The smallest absolute Gasteiger partial charge is 0.347 e. The van der Waals surface area contributed by atoms with Crippen LogP contribution in [0.25, 0.3) is 0 Å². The van der Waals surface area contributed by atoms with Gasteiger partial charge < -0.3 is 23.9 Å². The molecule has 2 aliphatic heterocycles. The number of likely N-dealkylation sites (tertiary alicyclic amines) is 1. The van der Waals surface area contributed by atoms with E-state index in [0.717, 1.165) is 44.3 Å². The Bertz CT molecular complexity index is 725. The molecule has 3 rings (SSSR count). The monoisotopic (exact) mass is 390 g/mol. The molecular weight excluding hydrogens is 364 g/mol. The van der Waals surface area contributed by atoms with Crippen LogP contribution in [0, 0.1) is 0 Å². The summed E-state index contributed by atoms with van der Waals surface area (Å²) >= 11 is 0. The first kappa shape index (κ1) is 20.0. The largest absolute Gasteiger partial charge is 0.454 e. The maximum Gasteiger partial charge on any atom is 0.347 e. The molecule has 8 nitrogen and oxygen atoms in total. The first-order chi connectivity index (χ1) is 13.6. The maximum absolute atomic E-state index is 12.2. The van der Waals surface area contributed by atoms with Gasteiger partial charge >= 0.3 is 5.97 Å². The number of hydrogen-bond donors (Lipinski definition) is 0. The number of benzene rings is 1. The summed E-state index contributed by atoms with van der Waals surface area (Å²) in [5.41, 5.74) is 1.38. The van der Waals surface area contributed by atoms with Crippen molar-refractivity contribution in [3.8, 4) is 11.5 Å². The third-order valence-electron chi connectivity index (χ3n) is 4.74. The molecule has 0 aromatic heterocycles. The number of hydrogen-bond acceptors (Lipinski definition) is 7. The summed E-state index contributed by atoms with van der Waals surface area (Å²) in [5, 5.41) is 3.92. The van der Waals surface area contributed by atoms with Gasteiger partial charge in [0, 0.05) is 18.7 Å². The van der Waals surface area contributed by atoms with Gasteiger partial charge in [0.25, 0.3) is 5.91 Å². The highest BCUT2D eigenvalue weighted by atomic mass is 16.7. The summed E-state index contributed by atoms with van der Waals surface area (Å²) in [4.78, 5) is 30.8. The van der Waals surface area contributed by atoms with Crippen LogP contribution in [0.15, 0.2) is 23.4 Å². The summed E-state index contributed by atoms with van der Waals surface area (Å²) in [6.45, 7) is 2.81. The third kappa shape index (κ3) is 5.61. The van der Waals surface area contributed by atoms with Crippen molar-refractivity contribution >= 4 is 17.6 Å². The van der Waals surface area contributed by atoms with E-state index in [1.165, 1.54) is 6.42 Å². The lowest BCUT2D eigenvalue weighted by molar-refractivity contribution is -0.155. The standard InChI is InChI=1S/C20H26N2O6/c1-15(16-7-8-17-18(11-16)27-14-26-17)21-28-13-20(24)25-12-19(23)22-9-5-3-2-4-6-10-22/h7-8,11H,2-6,9-10,12-14H2,1H3/b21-15+. The normalized spacial score (nSPS) is 16.9. The predicted octanol–water partition coefficient (Wildman–Crippen LogP) is 2.49. The molecule has 28 heavy (non-hydrogen) atoms. The minimum atomic E-state index is -0.623. The number of nitrogens with zero attached hydrogens (tertiary/aromatic N) is 2. The molecule has 0 N–H and O–H groups in total. The van der Waals surface area contributed by atoms with E-state index in [4.69, 9.17) is 19.0 Å². The van der Waals surface area contributed by atoms with Crippen LogP contribution in [0.2, 0.25) is 0 Å². The molecule has 2 heterocycles. The molecule has 2 aliphatic rings. The second-order valence-electron chi connectivity index (χ2n) is 6.83. The van der Waals surface area contributed by atoms with Crippen LogP contribution in [-0.4, -0.2) is 55.6 Å². The number of carbonyl (C=O) groups excluding carboxylic acids is 2. The second-order valence-corrected chi connectivity index (χ2v) is 6.83. The molecule has 0 saturated carbocycles. The Kier molecular flexibility index (Phi) is 7.11. The lowest BCUT2D eigenvalue weighted by Gasteiger charge is -2.24. The summed E-state index contributed by atoms with van der Waals surface area (Å²) in [6, 6.07) is 5.42. The Morgan fingerprint density at radius 1 is 1.04 bits per heavy atom. The molecule has 1 fully saturated rings. The van der Waals surface area contributed by atoms with Crippen LogP contribution in [0.3, 0.4) is 0 Å². The number of amides is 1. The van der Waals surface area contributed by atoms with E-state index in [1.807, 2.05) is 6.07 Å². The van der Waals surface area contributed by atoms with Crippen molar-refractivity contribution in [3.63, 3.8) is 0 Å². The highest BCUT2D eigenvalue weighted by Crippen LogP contribution is 2.32. The van der Waals surface area contributed by atoms with E-state index < -0.39 is 5.97 Å². The third-order valence-corrected chi connectivity index (χ3v) is 4.74. The van der Waals surface area contributed by atoms with Crippen LogP contribution < -0.4 is 9.47 Å².